The van der Waals surface area contributed by atoms with Crippen LogP contribution in [-0.2, 0) is 11.2 Å². The molecular formula is C14H20O2. The number of ether oxygens (including phenoxy) is 1. The Morgan fingerprint density at radius 2 is 2.12 bits per heavy atom. The van der Waals surface area contributed by atoms with Crippen LogP contribution in [0.4, 0.5) is 0 Å². The molecule has 0 radical (unpaired) electrons. The van der Waals surface area contributed by atoms with Gasteiger partial charge in [0.25, 0.3) is 0 Å². The number of Topliss-reactive ketones (excluding diaryl/α,β-unsaturated/α-hetero) is 1. The third-order valence-electron chi connectivity index (χ3n) is 2.36. The van der Waals surface area contributed by atoms with E-state index in [-0.39, 0.29) is 6.10 Å². The molecule has 16 heavy (non-hydrogen) atoms. The predicted molar refractivity (Wildman–Crippen MR) is 65.8 cm³/mol. The van der Waals surface area contributed by atoms with Crippen LogP contribution in [0.3, 0.4) is 0 Å². The van der Waals surface area contributed by atoms with Crippen LogP contribution in [0.25, 0.3) is 0 Å². The molecule has 1 aromatic rings. The van der Waals surface area contributed by atoms with Gasteiger partial charge < -0.3 is 4.74 Å². The van der Waals surface area contributed by atoms with E-state index in [9.17, 15) is 4.79 Å². The Hall–Kier alpha value is -1.31. The van der Waals surface area contributed by atoms with Gasteiger partial charge in [0, 0.05) is 12.8 Å². The highest BCUT2D eigenvalue weighted by Crippen LogP contribution is 2.16. The summed E-state index contributed by atoms with van der Waals surface area (Å²) in [4.78, 5) is 11.2. The lowest BCUT2D eigenvalue weighted by atomic mass is 10.1. The lowest BCUT2D eigenvalue weighted by molar-refractivity contribution is -0.118. The lowest BCUT2D eigenvalue weighted by Crippen LogP contribution is -2.05. The molecule has 0 amide bonds. The summed E-state index contributed by atoms with van der Waals surface area (Å²) in [7, 11) is 0. The molecule has 88 valence electrons. The second-order valence-electron chi connectivity index (χ2n) is 4.21. The maximum atomic E-state index is 11.2. The van der Waals surface area contributed by atoms with Gasteiger partial charge in [-0.25, -0.2) is 0 Å². The van der Waals surface area contributed by atoms with Crippen LogP contribution < -0.4 is 4.74 Å². The van der Waals surface area contributed by atoms with Crippen LogP contribution in [-0.4, -0.2) is 11.9 Å². The van der Waals surface area contributed by atoms with E-state index in [4.69, 9.17) is 4.74 Å². The van der Waals surface area contributed by atoms with Crippen molar-refractivity contribution in [3.8, 4) is 5.75 Å². The number of rotatable bonds is 6. The molecule has 2 nitrogen and oxygen atoms in total. The molecule has 2 heteroatoms. The zero-order valence-electron chi connectivity index (χ0n) is 10.3. The van der Waals surface area contributed by atoms with E-state index in [2.05, 4.69) is 0 Å². The standard InChI is InChI=1S/C14H20O2/c1-4-13(15)9-8-12-6-5-7-14(10-12)16-11(2)3/h5-7,10-11H,4,8-9H2,1-3H3. The van der Waals surface area contributed by atoms with E-state index in [1.807, 2.05) is 45.0 Å². The highest BCUT2D eigenvalue weighted by atomic mass is 16.5. The topological polar surface area (TPSA) is 26.3 Å². The van der Waals surface area contributed by atoms with E-state index in [1.165, 1.54) is 5.56 Å². The summed E-state index contributed by atoms with van der Waals surface area (Å²) >= 11 is 0. The van der Waals surface area contributed by atoms with Crippen molar-refractivity contribution in [1.82, 2.24) is 0 Å². The Morgan fingerprint density at radius 1 is 1.38 bits per heavy atom. The largest absolute Gasteiger partial charge is 0.491 e. The molecular weight excluding hydrogens is 200 g/mol. The highest BCUT2D eigenvalue weighted by molar-refractivity contribution is 5.78. The van der Waals surface area contributed by atoms with Crippen molar-refractivity contribution in [2.45, 2.75) is 46.1 Å². The summed E-state index contributed by atoms with van der Waals surface area (Å²) in [6.45, 7) is 5.92. The average molecular weight is 220 g/mol. The Morgan fingerprint density at radius 3 is 2.75 bits per heavy atom. The maximum Gasteiger partial charge on any atom is 0.132 e. The minimum absolute atomic E-state index is 0.188. The molecule has 0 heterocycles. The van der Waals surface area contributed by atoms with Gasteiger partial charge in [0.05, 0.1) is 6.10 Å². The van der Waals surface area contributed by atoms with Gasteiger partial charge in [-0.3, -0.25) is 4.79 Å². The number of carbonyl (C=O) groups excluding carboxylic acids is 1. The number of hydrogen-bond acceptors (Lipinski definition) is 2. The molecule has 0 spiro atoms. The van der Waals surface area contributed by atoms with Gasteiger partial charge in [0.2, 0.25) is 0 Å². The van der Waals surface area contributed by atoms with Crippen molar-refractivity contribution in [2.75, 3.05) is 0 Å². The van der Waals surface area contributed by atoms with Crippen molar-refractivity contribution in [1.29, 1.82) is 0 Å². The van der Waals surface area contributed by atoms with Crippen LogP contribution in [0.1, 0.15) is 39.2 Å². The van der Waals surface area contributed by atoms with E-state index < -0.39 is 0 Å². The normalized spacial score (nSPS) is 10.5. The van der Waals surface area contributed by atoms with Gasteiger partial charge in [-0.1, -0.05) is 19.1 Å². The van der Waals surface area contributed by atoms with Crippen LogP contribution in [0.2, 0.25) is 0 Å². The smallest absolute Gasteiger partial charge is 0.132 e. The molecule has 1 aromatic carbocycles. The number of hydrogen-bond donors (Lipinski definition) is 0. The molecule has 0 unspecified atom stereocenters. The zero-order chi connectivity index (χ0) is 12.0. The Balaban J connectivity index is 2.56. The first-order valence-electron chi connectivity index (χ1n) is 5.89. The fraction of sp³-hybridized carbons (Fsp3) is 0.500. The minimum atomic E-state index is 0.188. The Kier molecular flexibility index (Phi) is 5.03. The van der Waals surface area contributed by atoms with E-state index in [1.54, 1.807) is 0 Å². The molecule has 0 saturated heterocycles. The van der Waals surface area contributed by atoms with Gasteiger partial charge in [-0.05, 0) is 38.0 Å². The van der Waals surface area contributed by atoms with Crippen LogP contribution >= 0.6 is 0 Å². The van der Waals surface area contributed by atoms with Crippen molar-refractivity contribution in [2.24, 2.45) is 0 Å². The lowest BCUT2D eigenvalue weighted by Gasteiger charge is -2.10. The molecule has 0 fully saturated rings. The number of carbonyl (C=O) groups is 1. The van der Waals surface area contributed by atoms with E-state index in [0.717, 1.165) is 12.2 Å². The highest BCUT2D eigenvalue weighted by Gasteiger charge is 2.02. The van der Waals surface area contributed by atoms with Gasteiger partial charge in [-0.2, -0.15) is 0 Å². The molecule has 0 aliphatic heterocycles. The predicted octanol–water partition coefficient (Wildman–Crippen LogP) is 3.39. The van der Waals surface area contributed by atoms with Crippen molar-refractivity contribution >= 4 is 5.78 Å². The third-order valence-corrected chi connectivity index (χ3v) is 2.36. The Labute approximate surface area is 97.6 Å². The molecule has 0 aliphatic carbocycles. The summed E-state index contributed by atoms with van der Waals surface area (Å²) in [5.74, 6) is 1.20. The van der Waals surface area contributed by atoms with E-state index >= 15 is 0 Å². The quantitative estimate of drug-likeness (QED) is 0.734. The van der Waals surface area contributed by atoms with Crippen LogP contribution in [0, 0.1) is 0 Å². The fourth-order valence-corrected chi connectivity index (χ4v) is 1.51. The molecule has 0 bridgehead atoms. The van der Waals surface area contributed by atoms with Gasteiger partial charge >= 0.3 is 0 Å². The summed E-state index contributed by atoms with van der Waals surface area (Å²) in [5, 5.41) is 0. The fourth-order valence-electron chi connectivity index (χ4n) is 1.51. The van der Waals surface area contributed by atoms with Gasteiger partial charge in [0.1, 0.15) is 11.5 Å². The summed E-state index contributed by atoms with van der Waals surface area (Å²) in [6.07, 6.45) is 2.25. The van der Waals surface area contributed by atoms with Crippen molar-refractivity contribution in [3.63, 3.8) is 0 Å². The Bertz CT molecular complexity index is 342. The molecule has 0 N–H and O–H groups in total. The molecule has 0 aromatic heterocycles. The minimum Gasteiger partial charge on any atom is -0.491 e. The van der Waals surface area contributed by atoms with Crippen LogP contribution in [0.5, 0.6) is 5.75 Å². The monoisotopic (exact) mass is 220 g/mol. The second kappa shape index (κ2) is 6.31. The maximum absolute atomic E-state index is 11.2. The number of ketones is 1. The summed E-state index contributed by atoms with van der Waals surface area (Å²) in [5.41, 5.74) is 1.17. The first-order valence-corrected chi connectivity index (χ1v) is 5.89. The number of aryl methyl sites for hydroxylation is 1. The molecule has 1 rings (SSSR count). The van der Waals surface area contributed by atoms with Gasteiger partial charge in [0.15, 0.2) is 0 Å². The molecule has 0 aliphatic rings. The SMILES string of the molecule is CCC(=O)CCc1cccc(OC(C)C)c1. The van der Waals surface area contributed by atoms with Crippen LogP contribution in [0.15, 0.2) is 24.3 Å². The zero-order valence-corrected chi connectivity index (χ0v) is 10.3. The summed E-state index contributed by atoms with van der Waals surface area (Å²) < 4.78 is 5.60. The first-order chi connectivity index (χ1) is 7.61. The van der Waals surface area contributed by atoms with Crippen molar-refractivity contribution < 1.29 is 9.53 Å². The molecule has 0 atom stereocenters. The second-order valence-corrected chi connectivity index (χ2v) is 4.21. The summed E-state index contributed by atoms with van der Waals surface area (Å²) in [6, 6.07) is 7.98. The van der Waals surface area contributed by atoms with Crippen molar-refractivity contribution in [3.05, 3.63) is 29.8 Å². The average Bonchev–Trinajstić information content (AvgIpc) is 2.25. The first kappa shape index (κ1) is 12.8. The van der Waals surface area contributed by atoms with Gasteiger partial charge in [-0.15, -0.1) is 0 Å². The third kappa shape index (κ3) is 4.47. The molecule has 0 saturated carbocycles. The van der Waals surface area contributed by atoms with E-state index in [0.29, 0.717) is 18.6 Å². The number of benzene rings is 1.